The summed E-state index contributed by atoms with van der Waals surface area (Å²) in [5.41, 5.74) is 1.83. The summed E-state index contributed by atoms with van der Waals surface area (Å²) < 4.78 is 0. The van der Waals surface area contributed by atoms with E-state index in [0.717, 1.165) is 37.1 Å². The van der Waals surface area contributed by atoms with Crippen molar-refractivity contribution in [3.05, 3.63) is 41.5 Å². The SMILES string of the molecule is CC(O)c1cccc(/C=C\C(=O)N2CCC(N3CCCCC3)CC2)c1. The van der Waals surface area contributed by atoms with Crippen molar-refractivity contribution in [2.24, 2.45) is 0 Å². The number of aliphatic hydroxyl groups is 1. The highest BCUT2D eigenvalue weighted by atomic mass is 16.3. The third kappa shape index (κ3) is 4.93. The second-order valence-electron chi connectivity index (χ2n) is 7.33. The number of carbonyl (C=O) groups is 1. The molecule has 1 aromatic rings. The standard InChI is InChI=1S/C21H30N2O2/c1-17(24)19-7-5-6-18(16-19)8-9-21(25)23-14-10-20(11-15-23)22-12-3-2-4-13-22/h5-9,16-17,20,24H,2-4,10-15H2,1H3/b9-8-. The summed E-state index contributed by atoms with van der Waals surface area (Å²) in [6, 6.07) is 8.36. The van der Waals surface area contributed by atoms with Gasteiger partial charge in [0, 0.05) is 25.2 Å². The van der Waals surface area contributed by atoms with Crippen molar-refractivity contribution in [2.75, 3.05) is 26.2 Å². The number of aliphatic hydroxyl groups excluding tert-OH is 1. The van der Waals surface area contributed by atoms with E-state index in [1.54, 1.807) is 13.0 Å². The molecule has 136 valence electrons. The topological polar surface area (TPSA) is 43.8 Å². The molecule has 1 N–H and O–H groups in total. The Kier molecular flexibility index (Phi) is 6.27. The molecule has 0 aromatic heterocycles. The first kappa shape index (κ1) is 18.2. The fourth-order valence-electron chi connectivity index (χ4n) is 3.93. The van der Waals surface area contributed by atoms with Crippen molar-refractivity contribution in [1.29, 1.82) is 0 Å². The number of likely N-dealkylation sites (tertiary alicyclic amines) is 2. The Morgan fingerprint density at radius 2 is 1.88 bits per heavy atom. The minimum Gasteiger partial charge on any atom is -0.389 e. The van der Waals surface area contributed by atoms with E-state index < -0.39 is 6.10 Å². The van der Waals surface area contributed by atoms with E-state index in [4.69, 9.17) is 0 Å². The van der Waals surface area contributed by atoms with Crippen molar-refractivity contribution in [2.45, 2.75) is 51.2 Å². The fourth-order valence-corrected chi connectivity index (χ4v) is 3.93. The molecule has 4 heteroatoms. The summed E-state index contributed by atoms with van der Waals surface area (Å²) in [5, 5.41) is 9.66. The van der Waals surface area contributed by atoms with Gasteiger partial charge in [-0.2, -0.15) is 0 Å². The molecule has 0 aliphatic carbocycles. The van der Waals surface area contributed by atoms with E-state index in [2.05, 4.69) is 4.90 Å². The fraction of sp³-hybridized carbons (Fsp3) is 0.571. The van der Waals surface area contributed by atoms with Gasteiger partial charge in [0.1, 0.15) is 0 Å². The van der Waals surface area contributed by atoms with Gasteiger partial charge in [-0.1, -0.05) is 24.6 Å². The zero-order valence-corrected chi connectivity index (χ0v) is 15.2. The second kappa shape index (κ2) is 8.63. The lowest BCUT2D eigenvalue weighted by molar-refractivity contribution is -0.127. The van der Waals surface area contributed by atoms with E-state index in [9.17, 15) is 9.90 Å². The number of hydrogen-bond acceptors (Lipinski definition) is 3. The van der Waals surface area contributed by atoms with E-state index in [0.29, 0.717) is 6.04 Å². The molecule has 3 rings (SSSR count). The summed E-state index contributed by atoms with van der Waals surface area (Å²) >= 11 is 0. The van der Waals surface area contributed by atoms with Crippen molar-refractivity contribution in [1.82, 2.24) is 9.80 Å². The van der Waals surface area contributed by atoms with E-state index in [1.165, 1.54) is 32.4 Å². The number of carbonyl (C=O) groups excluding carboxylic acids is 1. The van der Waals surface area contributed by atoms with Crippen LogP contribution in [0.2, 0.25) is 0 Å². The molecule has 1 atom stereocenters. The molecule has 2 saturated heterocycles. The van der Waals surface area contributed by atoms with Crippen molar-refractivity contribution < 1.29 is 9.90 Å². The summed E-state index contributed by atoms with van der Waals surface area (Å²) in [7, 11) is 0. The summed E-state index contributed by atoms with van der Waals surface area (Å²) in [5.74, 6) is 0.0968. The number of rotatable bonds is 4. The average molecular weight is 342 g/mol. The molecule has 2 aliphatic rings. The minimum atomic E-state index is -0.488. The van der Waals surface area contributed by atoms with Crippen LogP contribution < -0.4 is 0 Å². The molecule has 1 unspecified atom stereocenters. The van der Waals surface area contributed by atoms with Crippen LogP contribution >= 0.6 is 0 Å². The first-order valence-corrected chi connectivity index (χ1v) is 9.62. The quantitative estimate of drug-likeness (QED) is 0.855. The maximum Gasteiger partial charge on any atom is 0.246 e. The lowest BCUT2D eigenvalue weighted by atomic mass is 10.00. The van der Waals surface area contributed by atoms with Crippen molar-refractivity contribution >= 4 is 12.0 Å². The molecule has 1 aromatic carbocycles. The van der Waals surface area contributed by atoms with Gasteiger partial charge in [0.2, 0.25) is 5.91 Å². The number of piperidine rings is 2. The highest BCUT2D eigenvalue weighted by Crippen LogP contribution is 2.21. The first-order valence-electron chi connectivity index (χ1n) is 9.62. The molecule has 4 nitrogen and oxygen atoms in total. The normalized spacial score (nSPS) is 21.6. The van der Waals surface area contributed by atoms with Gasteiger partial charge in [-0.05, 0) is 69.0 Å². The van der Waals surface area contributed by atoms with Crippen LogP contribution in [0.1, 0.15) is 56.3 Å². The monoisotopic (exact) mass is 342 g/mol. The van der Waals surface area contributed by atoms with Gasteiger partial charge in [-0.3, -0.25) is 4.79 Å². The lowest BCUT2D eigenvalue weighted by Gasteiger charge is -2.40. The molecule has 1 amide bonds. The predicted molar refractivity (Wildman–Crippen MR) is 101 cm³/mol. The molecular weight excluding hydrogens is 312 g/mol. The Bertz CT molecular complexity index is 598. The number of amides is 1. The molecule has 25 heavy (non-hydrogen) atoms. The van der Waals surface area contributed by atoms with Crippen LogP contribution in [-0.4, -0.2) is 53.0 Å². The van der Waals surface area contributed by atoms with Gasteiger partial charge in [0.25, 0.3) is 0 Å². The zero-order chi connectivity index (χ0) is 17.6. The smallest absolute Gasteiger partial charge is 0.246 e. The van der Waals surface area contributed by atoms with E-state index in [1.807, 2.05) is 35.2 Å². The second-order valence-corrected chi connectivity index (χ2v) is 7.33. The molecule has 0 spiro atoms. The van der Waals surface area contributed by atoms with Crippen LogP contribution in [0.25, 0.3) is 6.08 Å². The Balaban J connectivity index is 1.51. The number of nitrogens with zero attached hydrogens (tertiary/aromatic N) is 2. The molecule has 2 heterocycles. The van der Waals surface area contributed by atoms with Crippen LogP contribution in [0.4, 0.5) is 0 Å². The Labute approximate surface area is 151 Å². The van der Waals surface area contributed by atoms with Crippen LogP contribution in [0.15, 0.2) is 30.3 Å². The summed E-state index contributed by atoms with van der Waals surface area (Å²) in [6.07, 6.45) is 9.25. The van der Waals surface area contributed by atoms with Gasteiger partial charge in [0.15, 0.2) is 0 Å². The first-order chi connectivity index (χ1) is 12.1. The van der Waals surface area contributed by atoms with Crippen LogP contribution in [0, 0.1) is 0 Å². The summed E-state index contributed by atoms with van der Waals surface area (Å²) in [4.78, 5) is 17.0. The molecule has 2 fully saturated rings. The lowest BCUT2D eigenvalue weighted by Crippen LogP contribution is -2.47. The predicted octanol–water partition coefficient (Wildman–Crippen LogP) is 3.23. The largest absolute Gasteiger partial charge is 0.389 e. The van der Waals surface area contributed by atoms with Crippen LogP contribution in [-0.2, 0) is 4.79 Å². The molecule has 0 bridgehead atoms. The number of hydrogen-bond donors (Lipinski definition) is 1. The van der Waals surface area contributed by atoms with Crippen molar-refractivity contribution in [3.8, 4) is 0 Å². The van der Waals surface area contributed by atoms with E-state index >= 15 is 0 Å². The van der Waals surface area contributed by atoms with Crippen LogP contribution in [0.3, 0.4) is 0 Å². The third-order valence-corrected chi connectivity index (χ3v) is 5.49. The van der Waals surface area contributed by atoms with Gasteiger partial charge in [-0.25, -0.2) is 0 Å². The maximum atomic E-state index is 12.4. The highest BCUT2D eigenvalue weighted by molar-refractivity contribution is 5.91. The highest BCUT2D eigenvalue weighted by Gasteiger charge is 2.26. The van der Waals surface area contributed by atoms with Gasteiger partial charge < -0.3 is 14.9 Å². The molecule has 0 radical (unpaired) electrons. The maximum absolute atomic E-state index is 12.4. The van der Waals surface area contributed by atoms with Gasteiger partial charge >= 0.3 is 0 Å². The van der Waals surface area contributed by atoms with Gasteiger partial charge in [-0.15, -0.1) is 0 Å². The Hall–Kier alpha value is -1.65. The third-order valence-electron chi connectivity index (χ3n) is 5.49. The molecule has 2 aliphatic heterocycles. The number of benzene rings is 1. The van der Waals surface area contributed by atoms with E-state index in [-0.39, 0.29) is 5.91 Å². The Morgan fingerprint density at radius 1 is 1.16 bits per heavy atom. The minimum absolute atomic E-state index is 0.0968. The summed E-state index contributed by atoms with van der Waals surface area (Å²) in [6.45, 7) is 5.94. The molecule has 0 saturated carbocycles. The van der Waals surface area contributed by atoms with Crippen LogP contribution in [0.5, 0.6) is 0 Å². The zero-order valence-electron chi connectivity index (χ0n) is 15.2. The average Bonchev–Trinajstić information content (AvgIpc) is 2.67. The van der Waals surface area contributed by atoms with Gasteiger partial charge in [0.05, 0.1) is 6.10 Å². The van der Waals surface area contributed by atoms with Crippen molar-refractivity contribution in [3.63, 3.8) is 0 Å². The Morgan fingerprint density at radius 3 is 2.56 bits per heavy atom. The molecular formula is C21H30N2O2.